The Morgan fingerprint density at radius 3 is 1.94 bits per heavy atom. The van der Waals surface area contributed by atoms with E-state index in [1.807, 2.05) is 0 Å². The fourth-order valence-electron chi connectivity index (χ4n) is 3.31. The third kappa shape index (κ3) is 5.84. The topological polar surface area (TPSA) is 126 Å². The second-order valence-corrected chi connectivity index (χ2v) is 7.27. The number of methoxy groups -OCH3 is 2. The van der Waals surface area contributed by atoms with Gasteiger partial charge in [0.15, 0.2) is 0 Å². The van der Waals surface area contributed by atoms with Gasteiger partial charge in [-0.3, -0.25) is 10.1 Å². The first-order valence-electron chi connectivity index (χ1n) is 9.67. The molecule has 0 atom stereocenters. The SMILES string of the molecule is COCCOC(=O)C1=C(C)NC(C)=C(C(=O)OCCOC)C1c1ccc(Cl)c([N+](=O)[O-])c1. The molecule has 0 aliphatic carbocycles. The number of carbonyl (C=O) groups is 2. The van der Waals surface area contributed by atoms with Gasteiger partial charge in [-0.2, -0.15) is 0 Å². The van der Waals surface area contributed by atoms with E-state index in [9.17, 15) is 19.7 Å². The smallest absolute Gasteiger partial charge is 0.336 e. The molecule has 0 aromatic heterocycles. The van der Waals surface area contributed by atoms with Crippen LogP contribution in [0.1, 0.15) is 25.3 Å². The van der Waals surface area contributed by atoms with E-state index in [2.05, 4.69) is 5.32 Å². The van der Waals surface area contributed by atoms with Gasteiger partial charge in [-0.1, -0.05) is 17.7 Å². The molecule has 1 aliphatic rings. The van der Waals surface area contributed by atoms with Crippen LogP contribution in [0, 0.1) is 10.1 Å². The molecular formula is C21H25ClN2O8. The fraction of sp³-hybridized carbons (Fsp3) is 0.429. The number of hydrogen-bond acceptors (Lipinski definition) is 9. The van der Waals surface area contributed by atoms with Crippen LogP contribution >= 0.6 is 11.6 Å². The molecule has 0 radical (unpaired) electrons. The molecule has 0 unspecified atom stereocenters. The van der Waals surface area contributed by atoms with Crippen molar-refractivity contribution in [1.29, 1.82) is 0 Å². The quantitative estimate of drug-likeness (QED) is 0.238. The summed E-state index contributed by atoms with van der Waals surface area (Å²) in [6, 6.07) is 4.12. The largest absolute Gasteiger partial charge is 0.460 e. The number of rotatable bonds is 10. The average Bonchev–Trinajstić information content (AvgIpc) is 2.73. The van der Waals surface area contributed by atoms with E-state index in [1.165, 1.54) is 32.4 Å². The number of esters is 2. The second kappa shape index (κ2) is 11.6. The highest BCUT2D eigenvalue weighted by Crippen LogP contribution is 2.41. The number of carbonyl (C=O) groups excluding carboxylic acids is 2. The highest BCUT2D eigenvalue weighted by molar-refractivity contribution is 6.32. The van der Waals surface area contributed by atoms with E-state index in [-0.39, 0.29) is 48.3 Å². The Morgan fingerprint density at radius 1 is 1.00 bits per heavy atom. The fourth-order valence-corrected chi connectivity index (χ4v) is 3.50. The van der Waals surface area contributed by atoms with Crippen LogP contribution in [-0.2, 0) is 28.5 Å². The number of benzene rings is 1. The van der Waals surface area contributed by atoms with E-state index in [0.717, 1.165) is 0 Å². The maximum absolute atomic E-state index is 13.0. The van der Waals surface area contributed by atoms with Crippen molar-refractivity contribution in [2.75, 3.05) is 40.6 Å². The summed E-state index contributed by atoms with van der Waals surface area (Å²) in [5.74, 6) is -2.36. The molecule has 0 fully saturated rings. The summed E-state index contributed by atoms with van der Waals surface area (Å²) in [5, 5.41) is 14.4. The van der Waals surface area contributed by atoms with Crippen molar-refractivity contribution < 1.29 is 33.5 Å². The van der Waals surface area contributed by atoms with Crippen molar-refractivity contribution in [3.63, 3.8) is 0 Å². The lowest BCUT2D eigenvalue weighted by atomic mass is 9.80. The minimum atomic E-state index is -0.975. The van der Waals surface area contributed by atoms with Crippen molar-refractivity contribution >= 4 is 29.2 Å². The number of nitro benzene ring substituents is 1. The Labute approximate surface area is 190 Å². The maximum atomic E-state index is 13.0. The summed E-state index contributed by atoms with van der Waals surface area (Å²) < 4.78 is 20.4. The third-order valence-electron chi connectivity index (χ3n) is 4.74. The van der Waals surface area contributed by atoms with Crippen LogP contribution in [0.5, 0.6) is 0 Å². The highest BCUT2D eigenvalue weighted by atomic mass is 35.5. The minimum Gasteiger partial charge on any atom is -0.460 e. The van der Waals surface area contributed by atoms with E-state index in [4.69, 9.17) is 30.5 Å². The van der Waals surface area contributed by atoms with E-state index >= 15 is 0 Å². The average molecular weight is 469 g/mol. The molecule has 0 bridgehead atoms. The molecule has 32 heavy (non-hydrogen) atoms. The third-order valence-corrected chi connectivity index (χ3v) is 5.06. The van der Waals surface area contributed by atoms with Gasteiger partial charge in [-0.25, -0.2) is 9.59 Å². The number of halogens is 1. The Balaban J connectivity index is 2.59. The molecule has 174 valence electrons. The van der Waals surface area contributed by atoms with Crippen molar-refractivity contribution in [2.24, 2.45) is 0 Å². The summed E-state index contributed by atoms with van der Waals surface area (Å²) in [6.07, 6.45) is 0. The molecule has 10 nitrogen and oxygen atoms in total. The molecule has 11 heteroatoms. The molecular weight excluding hydrogens is 444 g/mol. The maximum Gasteiger partial charge on any atom is 0.336 e. The van der Waals surface area contributed by atoms with Gasteiger partial charge >= 0.3 is 11.9 Å². The standard InChI is InChI=1S/C21H25ClN2O8/c1-12-17(20(25)31-9-7-29-3)19(14-5-6-15(22)16(11-14)24(27)28)18(13(2)23-12)21(26)32-10-8-30-4/h5-6,11,19,23H,7-10H2,1-4H3. The van der Waals surface area contributed by atoms with Crippen LogP contribution in [-0.4, -0.2) is 57.5 Å². The molecule has 1 aliphatic heterocycles. The first-order valence-corrected chi connectivity index (χ1v) is 10.0. The molecule has 1 aromatic rings. The van der Waals surface area contributed by atoms with Crippen molar-refractivity contribution in [1.82, 2.24) is 5.32 Å². The zero-order valence-corrected chi connectivity index (χ0v) is 19.0. The number of nitrogens with zero attached hydrogens (tertiary/aromatic N) is 1. The van der Waals surface area contributed by atoms with Gasteiger partial charge in [0.2, 0.25) is 0 Å². The normalized spacial score (nSPS) is 14.3. The van der Waals surface area contributed by atoms with Crippen LogP contribution in [0.4, 0.5) is 5.69 Å². The Hall–Kier alpha value is -2.95. The van der Waals surface area contributed by atoms with E-state index in [0.29, 0.717) is 17.0 Å². The van der Waals surface area contributed by atoms with Gasteiger partial charge in [0, 0.05) is 31.7 Å². The minimum absolute atomic E-state index is 0.00405. The number of allylic oxidation sites excluding steroid dienone is 2. The van der Waals surface area contributed by atoms with Crippen LogP contribution in [0.2, 0.25) is 5.02 Å². The zero-order chi connectivity index (χ0) is 23.8. The lowest BCUT2D eigenvalue weighted by Gasteiger charge is -2.30. The summed E-state index contributed by atoms with van der Waals surface area (Å²) in [7, 11) is 2.94. The predicted octanol–water partition coefficient (Wildman–Crippen LogP) is 2.86. The molecule has 0 amide bonds. The summed E-state index contributed by atoms with van der Waals surface area (Å²) >= 11 is 5.97. The molecule has 1 aromatic carbocycles. The molecule has 2 rings (SSSR count). The number of nitrogens with one attached hydrogen (secondary N) is 1. The number of hydrogen-bond donors (Lipinski definition) is 1. The van der Waals surface area contributed by atoms with Crippen LogP contribution in [0.3, 0.4) is 0 Å². The first kappa shape index (κ1) is 25.3. The van der Waals surface area contributed by atoms with Crippen molar-refractivity contribution in [3.05, 3.63) is 61.4 Å². The lowest BCUT2D eigenvalue weighted by molar-refractivity contribution is -0.384. The predicted molar refractivity (Wildman–Crippen MR) is 115 cm³/mol. The van der Waals surface area contributed by atoms with E-state index in [1.54, 1.807) is 13.8 Å². The Kier molecular flexibility index (Phi) is 9.18. The second-order valence-electron chi connectivity index (χ2n) is 6.86. The highest BCUT2D eigenvalue weighted by Gasteiger charge is 2.38. The Bertz CT molecular complexity index is 913. The van der Waals surface area contributed by atoms with Gasteiger partial charge in [-0.05, 0) is 25.5 Å². The monoisotopic (exact) mass is 468 g/mol. The molecule has 0 spiro atoms. The first-order chi connectivity index (χ1) is 15.2. The molecule has 1 heterocycles. The molecule has 1 N–H and O–H groups in total. The van der Waals surface area contributed by atoms with E-state index < -0.39 is 22.8 Å². The number of dihydropyridines is 1. The van der Waals surface area contributed by atoms with Gasteiger partial charge in [0.1, 0.15) is 18.2 Å². The number of nitro groups is 1. The van der Waals surface area contributed by atoms with Gasteiger partial charge in [0.05, 0.1) is 35.2 Å². The van der Waals surface area contributed by atoms with Crippen LogP contribution < -0.4 is 5.32 Å². The molecule has 0 saturated heterocycles. The summed E-state index contributed by atoms with van der Waals surface area (Å²) in [4.78, 5) is 36.7. The van der Waals surface area contributed by atoms with Gasteiger partial charge in [0.25, 0.3) is 5.69 Å². The van der Waals surface area contributed by atoms with Crippen LogP contribution in [0.15, 0.2) is 40.7 Å². The Morgan fingerprint density at radius 2 is 1.50 bits per heavy atom. The lowest BCUT2D eigenvalue weighted by Crippen LogP contribution is -2.33. The van der Waals surface area contributed by atoms with Crippen LogP contribution in [0.25, 0.3) is 0 Å². The van der Waals surface area contributed by atoms with Gasteiger partial charge in [-0.15, -0.1) is 0 Å². The van der Waals surface area contributed by atoms with Gasteiger partial charge < -0.3 is 24.3 Å². The van der Waals surface area contributed by atoms with Crippen molar-refractivity contribution in [3.8, 4) is 0 Å². The summed E-state index contributed by atoms with van der Waals surface area (Å²) in [6.45, 7) is 3.67. The molecule has 0 saturated carbocycles. The van der Waals surface area contributed by atoms with Crippen molar-refractivity contribution in [2.45, 2.75) is 19.8 Å². The summed E-state index contributed by atoms with van der Waals surface area (Å²) in [5.41, 5.74) is 1.11. The zero-order valence-electron chi connectivity index (χ0n) is 18.2. The number of ether oxygens (including phenoxy) is 4.